The average molecular weight is 1740 g/mol. The average Bonchev–Trinajstić information content (AvgIpc) is 0.943. The van der Waals surface area contributed by atoms with Crippen molar-refractivity contribution in [3.05, 3.63) is 0 Å². The molecule has 0 heterocycles. The molecule has 0 bridgehead atoms. The van der Waals surface area contributed by atoms with Gasteiger partial charge < -0.3 is 80.9 Å². The summed E-state index contributed by atoms with van der Waals surface area (Å²) in [5.41, 5.74) is 0. The smallest absolute Gasteiger partial charge is 0.857 e. The van der Waals surface area contributed by atoms with Crippen LogP contribution in [0.15, 0.2) is 0 Å². The number of carbonyl (C=O) groups excluding carboxylic acids is 4. The Hall–Kier alpha value is -0.292. The van der Waals surface area contributed by atoms with E-state index < -0.39 is 45.2 Å². The van der Waals surface area contributed by atoms with Crippen LogP contribution in [0.1, 0.15) is 269 Å². The van der Waals surface area contributed by atoms with E-state index in [1.54, 1.807) is 27.7 Å². The van der Waals surface area contributed by atoms with Crippen molar-refractivity contribution in [2.45, 2.75) is 342 Å². The molecule has 3 N–H and O–H groups in total. The molecular weight excluding hydrogens is 1560 g/mol. The van der Waals surface area contributed by atoms with E-state index in [1.165, 1.54) is 38.9 Å². The Balaban J connectivity index is -0.000000138. The first-order valence-corrected chi connectivity index (χ1v) is 55.0. The monoisotopic (exact) mass is 1740 g/mol. The molecule has 0 unspecified atom stereocenters. The second-order valence-corrected chi connectivity index (χ2v) is 53.0. The molecular formula is C84H185BrNNaO20Si4. The molecule has 0 aromatic rings. The number of carbonyl (C=O) groups is 4. The molecule has 0 aromatic carbocycles. The van der Waals surface area contributed by atoms with Crippen LogP contribution >= 0.6 is 15.9 Å². The molecule has 0 radical (unpaired) electrons. The number of nitrogens with zero attached hydrogens (tertiary/aromatic N) is 1. The van der Waals surface area contributed by atoms with Crippen LogP contribution in [0.2, 0.25) is 72.5 Å². The summed E-state index contributed by atoms with van der Waals surface area (Å²) in [6.07, 6.45) is 12.5. The Labute approximate surface area is 720 Å². The van der Waals surface area contributed by atoms with Gasteiger partial charge >= 0.3 is 53.4 Å². The summed E-state index contributed by atoms with van der Waals surface area (Å²) >= 11 is 3.28. The first kappa shape index (κ1) is 131. The maximum Gasteiger partial charge on any atom is 1.00 e. The number of rotatable bonds is 52. The van der Waals surface area contributed by atoms with Crippen molar-refractivity contribution in [3.63, 3.8) is 0 Å². The third kappa shape index (κ3) is 84.5. The first-order valence-electron chi connectivity index (χ1n) is 42.2. The fourth-order valence-corrected chi connectivity index (χ4v) is 12.2. The van der Waals surface area contributed by atoms with Crippen LogP contribution in [0.25, 0.3) is 0 Å². The Morgan fingerprint density at radius 2 is 0.604 bits per heavy atom. The van der Waals surface area contributed by atoms with E-state index >= 15 is 0 Å². The van der Waals surface area contributed by atoms with Crippen LogP contribution in [-0.2, 0) is 74.8 Å². The van der Waals surface area contributed by atoms with Gasteiger partial charge in [-0.05, 0) is 177 Å². The summed E-state index contributed by atoms with van der Waals surface area (Å²) in [4.78, 5) is 46.6. The minimum atomic E-state index is -1.73. The van der Waals surface area contributed by atoms with Gasteiger partial charge in [-0.1, -0.05) is 187 Å². The summed E-state index contributed by atoms with van der Waals surface area (Å²) in [6, 6.07) is 0. The van der Waals surface area contributed by atoms with E-state index in [1.807, 2.05) is 13.8 Å². The van der Waals surface area contributed by atoms with Crippen LogP contribution in [-0.4, -0.2) is 235 Å². The zero-order chi connectivity index (χ0) is 87.6. The number of esters is 4. The third-order valence-electron chi connectivity index (χ3n) is 19.6. The normalized spacial score (nSPS) is 11.7. The predicted octanol–water partition coefficient (Wildman–Crippen LogP) is 16.4. The maximum atomic E-state index is 11.5. The molecule has 0 aromatic heterocycles. The predicted molar refractivity (Wildman–Crippen MR) is 474 cm³/mol. The van der Waals surface area contributed by atoms with Crippen molar-refractivity contribution >= 4 is 73.1 Å². The van der Waals surface area contributed by atoms with Gasteiger partial charge in [0.2, 0.25) is 0 Å². The van der Waals surface area contributed by atoms with E-state index in [-0.39, 0.29) is 132 Å². The van der Waals surface area contributed by atoms with Crippen LogP contribution in [0.3, 0.4) is 0 Å². The second kappa shape index (κ2) is 83.4. The van der Waals surface area contributed by atoms with Gasteiger partial charge in [-0.2, -0.15) is 7.11 Å². The van der Waals surface area contributed by atoms with Gasteiger partial charge in [0.05, 0.1) is 33.0 Å². The molecule has 0 amide bonds. The van der Waals surface area contributed by atoms with Crippen LogP contribution < -0.4 is 34.7 Å². The Bertz CT molecular complexity index is 1880. The first-order chi connectivity index (χ1) is 51.2. The summed E-state index contributed by atoms with van der Waals surface area (Å²) in [5, 5.41) is 36.9. The summed E-state index contributed by atoms with van der Waals surface area (Å²) in [5.74, 6) is -0.989. The van der Waals surface area contributed by atoms with Crippen molar-refractivity contribution < 1.29 is 125 Å². The summed E-state index contributed by atoms with van der Waals surface area (Å²) in [7, 11) is -6.17. The van der Waals surface area contributed by atoms with E-state index in [2.05, 4.69) is 214 Å². The molecule has 0 aliphatic heterocycles. The SMILES string of the molecule is CC.CC(C)(C)[Si](C)(C)OCC(CCO)CO[Si](C)(C)C(C)(C)C.CCCCOCCBr.CCCCOCCC(CC(=O)OCC)CC(=O)OCC.CCCCOCCC(CO)CO.CCCCOCCC(CO[Si](C)(C)C(C)(C)C)CO[Si](C)(C)C(C)(C)C.CCN(CC)CC.CCOC(=O)CC(=O)OCC.C[O-].[Na+]. The van der Waals surface area contributed by atoms with Crippen LogP contribution in [0, 0.1) is 23.7 Å². The van der Waals surface area contributed by atoms with E-state index in [0.717, 1.165) is 117 Å². The number of halogens is 1. The number of aliphatic hydroxyl groups excluding tert-OH is 3. The van der Waals surface area contributed by atoms with Crippen molar-refractivity contribution in [3.8, 4) is 0 Å². The number of unbranched alkanes of at least 4 members (excludes halogenated alkanes) is 4. The van der Waals surface area contributed by atoms with Crippen molar-refractivity contribution in [2.24, 2.45) is 23.7 Å². The Kier molecular flexibility index (Phi) is 98.7. The van der Waals surface area contributed by atoms with Gasteiger partial charge in [0, 0.05) is 128 Å². The van der Waals surface area contributed by atoms with Gasteiger partial charge in [0.1, 0.15) is 6.42 Å². The maximum absolute atomic E-state index is 11.5. The van der Waals surface area contributed by atoms with Crippen molar-refractivity contribution in [1.29, 1.82) is 0 Å². The number of aliphatic hydroxyl groups is 3. The molecule has 0 spiro atoms. The van der Waals surface area contributed by atoms with Crippen LogP contribution in [0.5, 0.6) is 0 Å². The zero-order valence-electron chi connectivity index (χ0n) is 79.3. The second-order valence-electron chi connectivity index (χ2n) is 33.0. The number of hydrogen-bond donors (Lipinski definition) is 3. The molecule has 111 heavy (non-hydrogen) atoms. The van der Waals surface area contributed by atoms with Gasteiger partial charge in [0.25, 0.3) is 0 Å². The molecule has 0 rings (SSSR count). The Morgan fingerprint density at radius 1 is 0.369 bits per heavy atom. The number of hydrogen-bond acceptors (Lipinski definition) is 21. The largest absolute Gasteiger partial charge is 1.00 e. The molecule has 670 valence electrons. The summed E-state index contributed by atoms with van der Waals surface area (Å²) < 4.78 is 66.3. The van der Waals surface area contributed by atoms with Crippen LogP contribution in [0.4, 0.5) is 0 Å². The molecule has 0 saturated carbocycles. The standard InChI is InChI=1S/C21H48O3Si2.C17H40O3Si2.C15H28O5.C9H20O3.C7H12O4.C6H13BrO.C6H15N.C2H6.CH3O.Na/c1-12-13-15-22-16-14-19(17-23-25(8,9)20(2,3)4)18-24-26(10,11)21(5,6)7;1-16(2,3)21(7,8)19-13-15(11-12-18)14-20-22(9,10)17(4,5)6;1-4-7-9-18-10-8-13(11-14(16)19-5-2)12-15(17)20-6-3;1-2-3-5-12-6-4-9(7-10)8-11;1-3-10-6(8)5-7(9)11-4-2;1-2-3-5-8-6-4-7;1-4-7(5-2)6-3;2*1-2;/h19H,12-18H2,1-11H3;15,18H,11-14H2,1-10H3;13H,4-12H2,1-3H3;9-11H,2-8H2,1H3;3-5H2,1-2H3;2-6H2,1H3;4-6H2,1-3H3;1-2H3;1H3;/q;;;;;;;;-1;+1. The van der Waals surface area contributed by atoms with Gasteiger partial charge in [-0.3, -0.25) is 19.2 Å². The summed E-state index contributed by atoms with van der Waals surface area (Å²) in [6.45, 7) is 86.1. The minimum Gasteiger partial charge on any atom is -0.857 e. The quantitative estimate of drug-likeness (QED) is 0.0128. The van der Waals surface area contributed by atoms with E-state index in [9.17, 15) is 24.3 Å². The number of alkyl halides is 1. The molecule has 21 nitrogen and oxygen atoms in total. The van der Waals surface area contributed by atoms with E-state index in [0.29, 0.717) is 52.0 Å². The molecule has 0 atom stereocenters. The minimum absolute atomic E-state index is 0. The zero-order valence-corrected chi connectivity index (χ0v) is 86.9. The van der Waals surface area contributed by atoms with Gasteiger partial charge in [-0.25, -0.2) is 0 Å². The molecule has 27 heteroatoms. The topological polar surface area (TPSA) is 266 Å². The molecule has 0 fully saturated rings. The Morgan fingerprint density at radius 3 is 0.811 bits per heavy atom. The van der Waals surface area contributed by atoms with Crippen molar-refractivity contribution in [2.75, 3.05) is 158 Å². The van der Waals surface area contributed by atoms with E-state index in [4.69, 9.17) is 61.4 Å². The molecule has 0 aliphatic carbocycles. The fraction of sp³-hybridized carbons (Fsp3) is 0.952. The van der Waals surface area contributed by atoms with Gasteiger partial charge in [0.15, 0.2) is 33.3 Å². The van der Waals surface area contributed by atoms with Gasteiger partial charge in [-0.15, -0.1) is 0 Å². The van der Waals surface area contributed by atoms with Crippen molar-refractivity contribution in [1.82, 2.24) is 4.90 Å². The fourth-order valence-electron chi connectivity index (χ4n) is 7.62. The molecule has 0 aliphatic rings. The third-order valence-corrected chi connectivity index (χ3v) is 37.9. The molecule has 0 saturated heterocycles. The number of ether oxygens (including phenoxy) is 8.